The zero-order chi connectivity index (χ0) is 20.5. The van der Waals surface area contributed by atoms with Crippen molar-refractivity contribution in [3.8, 4) is 23.0 Å². The van der Waals surface area contributed by atoms with Crippen LogP contribution in [0.3, 0.4) is 0 Å². The second kappa shape index (κ2) is 7.70. The molecule has 152 valence electrons. The van der Waals surface area contributed by atoms with Gasteiger partial charge in [-0.25, -0.2) is 0 Å². The summed E-state index contributed by atoms with van der Waals surface area (Å²) in [6.45, 7) is 0. The van der Waals surface area contributed by atoms with E-state index in [1.807, 2.05) is 34.9 Å². The lowest BCUT2D eigenvalue weighted by Crippen LogP contribution is -2.22. The molecule has 6 nitrogen and oxygen atoms in total. The number of ether oxygens (including phenoxy) is 4. The van der Waals surface area contributed by atoms with Crippen LogP contribution in [0.4, 0.5) is 0 Å². The molecule has 1 saturated carbocycles. The largest absolute Gasteiger partial charge is 0.493 e. The van der Waals surface area contributed by atoms with Gasteiger partial charge in [0.25, 0.3) is 5.56 Å². The van der Waals surface area contributed by atoms with E-state index >= 15 is 0 Å². The maximum Gasteiger partial charge on any atom is 0.251 e. The zero-order valence-corrected chi connectivity index (χ0v) is 17.2. The lowest BCUT2D eigenvalue weighted by Gasteiger charge is -2.18. The second-order valence-corrected chi connectivity index (χ2v) is 7.19. The Morgan fingerprint density at radius 1 is 0.828 bits per heavy atom. The fourth-order valence-corrected chi connectivity index (χ4v) is 3.83. The fraction of sp³-hybridized carbons (Fsp3) is 0.348. The highest BCUT2D eigenvalue weighted by molar-refractivity contribution is 5.88. The first-order chi connectivity index (χ1) is 14.1. The number of hydrogen-bond donors (Lipinski definition) is 0. The molecule has 3 aromatic rings. The van der Waals surface area contributed by atoms with Crippen LogP contribution in [0.15, 0.2) is 41.2 Å². The van der Waals surface area contributed by atoms with Crippen LogP contribution in [0.5, 0.6) is 23.0 Å². The number of fused-ring (bicyclic) bond motifs is 1. The van der Waals surface area contributed by atoms with Gasteiger partial charge in [-0.2, -0.15) is 0 Å². The third-order valence-corrected chi connectivity index (χ3v) is 5.41. The predicted octanol–water partition coefficient (Wildman–Crippen LogP) is 3.96. The fourth-order valence-electron chi connectivity index (χ4n) is 3.83. The number of aromatic nitrogens is 1. The molecule has 0 spiro atoms. The molecular formula is C23H25NO5. The molecule has 1 fully saturated rings. The first-order valence-electron chi connectivity index (χ1n) is 9.60. The molecule has 6 heteroatoms. The number of hydrogen-bond acceptors (Lipinski definition) is 5. The van der Waals surface area contributed by atoms with Crippen molar-refractivity contribution in [3.05, 3.63) is 58.0 Å². The van der Waals surface area contributed by atoms with Crippen molar-refractivity contribution in [1.82, 2.24) is 4.57 Å². The van der Waals surface area contributed by atoms with Gasteiger partial charge in [-0.3, -0.25) is 4.79 Å². The smallest absolute Gasteiger partial charge is 0.251 e. The number of methoxy groups -OCH3 is 4. The molecule has 1 heterocycles. The Labute approximate surface area is 169 Å². The third kappa shape index (κ3) is 3.50. The highest BCUT2D eigenvalue weighted by atomic mass is 16.5. The molecule has 0 amide bonds. The van der Waals surface area contributed by atoms with Gasteiger partial charge in [0, 0.05) is 29.6 Å². The van der Waals surface area contributed by atoms with Crippen molar-refractivity contribution in [2.45, 2.75) is 25.3 Å². The summed E-state index contributed by atoms with van der Waals surface area (Å²) in [6, 6.07) is 11.6. The number of benzene rings is 2. The van der Waals surface area contributed by atoms with Crippen LogP contribution in [0, 0.1) is 0 Å². The van der Waals surface area contributed by atoms with Gasteiger partial charge < -0.3 is 23.5 Å². The van der Waals surface area contributed by atoms with Crippen LogP contribution in [-0.4, -0.2) is 33.0 Å². The molecule has 0 aliphatic heterocycles. The Bertz CT molecular complexity index is 1110. The van der Waals surface area contributed by atoms with E-state index < -0.39 is 0 Å². The summed E-state index contributed by atoms with van der Waals surface area (Å²) in [5, 5.41) is 1.84. The van der Waals surface area contributed by atoms with Crippen molar-refractivity contribution in [2.75, 3.05) is 28.4 Å². The molecule has 1 aliphatic carbocycles. The molecule has 0 radical (unpaired) electrons. The normalized spacial score (nSPS) is 13.4. The zero-order valence-electron chi connectivity index (χ0n) is 17.2. The molecule has 0 bridgehead atoms. The van der Waals surface area contributed by atoms with Crippen LogP contribution in [0.1, 0.15) is 30.1 Å². The highest BCUT2D eigenvalue weighted by Gasteiger charge is 2.28. The molecule has 29 heavy (non-hydrogen) atoms. The second-order valence-electron chi connectivity index (χ2n) is 7.19. The molecular weight excluding hydrogens is 370 g/mol. The molecule has 0 unspecified atom stereocenters. The predicted molar refractivity (Wildman–Crippen MR) is 112 cm³/mol. The van der Waals surface area contributed by atoms with Gasteiger partial charge in [0.05, 0.1) is 28.4 Å². The molecule has 0 atom stereocenters. The molecule has 0 N–H and O–H groups in total. The van der Waals surface area contributed by atoms with Crippen molar-refractivity contribution < 1.29 is 18.9 Å². The molecule has 2 aromatic carbocycles. The lowest BCUT2D eigenvalue weighted by atomic mass is 10.0. The van der Waals surface area contributed by atoms with E-state index in [0.717, 1.165) is 34.9 Å². The molecule has 0 saturated heterocycles. The molecule has 4 rings (SSSR count). The van der Waals surface area contributed by atoms with Crippen LogP contribution >= 0.6 is 0 Å². The van der Waals surface area contributed by atoms with Gasteiger partial charge in [0.2, 0.25) is 0 Å². The maximum absolute atomic E-state index is 12.9. The van der Waals surface area contributed by atoms with Crippen LogP contribution < -0.4 is 24.5 Å². The van der Waals surface area contributed by atoms with E-state index in [1.165, 1.54) is 0 Å². The van der Waals surface area contributed by atoms with Crippen molar-refractivity contribution >= 4 is 10.8 Å². The average Bonchev–Trinajstić information content (AvgIpc) is 3.57. The Morgan fingerprint density at radius 3 is 2.07 bits per heavy atom. The topological polar surface area (TPSA) is 58.9 Å². The van der Waals surface area contributed by atoms with Gasteiger partial charge in [-0.15, -0.1) is 0 Å². The minimum absolute atomic E-state index is 0.0164. The van der Waals surface area contributed by atoms with Crippen LogP contribution in [0.25, 0.3) is 10.8 Å². The minimum Gasteiger partial charge on any atom is -0.493 e. The quantitative estimate of drug-likeness (QED) is 0.606. The summed E-state index contributed by atoms with van der Waals surface area (Å²) in [4.78, 5) is 12.9. The van der Waals surface area contributed by atoms with E-state index in [4.69, 9.17) is 18.9 Å². The van der Waals surface area contributed by atoms with E-state index in [0.29, 0.717) is 29.4 Å². The molecule has 1 aliphatic rings. The number of nitrogens with zero attached hydrogens (tertiary/aromatic N) is 1. The minimum atomic E-state index is 0.0164. The monoisotopic (exact) mass is 395 g/mol. The van der Waals surface area contributed by atoms with Gasteiger partial charge in [-0.1, -0.05) is 6.07 Å². The summed E-state index contributed by atoms with van der Waals surface area (Å²) < 4.78 is 23.7. The van der Waals surface area contributed by atoms with E-state index in [-0.39, 0.29) is 11.6 Å². The summed E-state index contributed by atoms with van der Waals surface area (Å²) in [5.41, 5.74) is 2.03. The van der Waals surface area contributed by atoms with Gasteiger partial charge in [0.1, 0.15) is 0 Å². The SMILES string of the molecule is COc1ccc(Cc2c3cc(OC)c(OC)cc3cc(=O)n2C2CC2)cc1OC. The van der Waals surface area contributed by atoms with Crippen molar-refractivity contribution in [1.29, 1.82) is 0 Å². The van der Waals surface area contributed by atoms with E-state index in [2.05, 4.69) is 0 Å². The first-order valence-corrected chi connectivity index (χ1v) is 9.60. The average molecular weight is 395 g/mol. The Morgan fingerprint density at radius 2 is 1.45 bits per heavy atom. The van der Waals surface area contributed by atoms with Crippen LogP contribution in [0.2, 0.25) is 0 Å². The van der Waals surface area contributed by atoms with Gasteiger partial charge in [-0.05, 0) is 48.1 Å². The lowest BCUT2D eigenvalue weighted by molar-refractivity contribution is 0.354. The van der Waals surface area contributed by atoms with E-state index in [9.17, 15) is 4.79 Å². The van der Waals surface area contributed by atoms with E-state index in [1.54, 1.807) is 34.5 Å². The van der Waals surface area contributed by atoms with Crippen molar-refractivity contribution in [3.63, 3.8) is 0 Å². The maximum atomic E-state index is 12.9. The van der Waals surface area contributed by atoms with Crippen LogP contribution in [-0.2, 0) is 6.42 Å². The summed E-state index contributed by atoms with van der Waals surface area (Å²) in [6.07, 6.45) is 2.65. The first kappa shape index (κ1) is 19.2. The Hall–Kier alpha value is -3.15. The summed E-state index contributed by atoms with van der Waals surface area (Å²) >= 11 is 0. The summed E-state index contributed by atoms with van der Waals surface area (Å²) in [7, 11) is 6.46. The van der Waals surface area contributed by atoms with Gasteiger partial charge >= 0.3 is 0 Å². The number of pyridine rings is 1. The molecule has 1 aromatic heterocycles. The highest BCUT2D eigenvalue weighted by Crippen LogP contribution is 2.39. The Balaban J connectivity index is 1.91. The standard InChI is InChI=1S/C23H25NO5/c1-26-19-8-5-14(10-20(19)27-2)9-18-17-13-22(29-4)21(28-3)11-15(17)12-23(25)24(18)16-6-7-16/h5,8,10-13,16H,6-7,9H2,1-4H3. The number of rotatable bonds is 7. The summed E-state index contributed by atoms with van der Waals surface area (Å²) in [5.74, 6) is 2.61. The van der Waals surface area contributed by atoms with Gasteiger partial charge in [0.15, 0.2) is 23.0 Å². The third-order valence-electron chi connectivity index (χ3n) is 5.41. The Kier molecular flexibility index (Phi) is 5.09. The van der Waals surface area contributed by atoms with Crippen molar-refractivity contribution in [2.24, 2.45) is 0 Å².